The first-order valence-corrected chi connectivity index (χ1v) is 5.66. The van der Waals surface area contributed by atoms with E-state index in [0.717, 1.165) is 0 Å². The lowest BCUT2D eigenvalue weighted by Gasteiger charge is -2.38. The number of hydrogen-bond acceptors (Lipinski definition) is 1. The Bertz CT molecular complexity index is 470. The van der Waals surface area contributed by atoms with Crippen molar-refractivity contribution in [2.24, 2.45) is 0 Å². The number of carboxylic acids is 1. The third-order valence-corrected chi connectivity index (χ3v) is 3.71. The summed E-state index contributed by atoms with van der Waals surface area (Å²) < 4.78 is 27.8. The summed E-state index contributed by atoms with van der Waals surface area (Å²) in [6, 6.07) is 1.17. The molecule has 0 aliphatic heterocycles. The van der Waals surface area contributed by atoms with Gasteiger partial charge in [0.15, 0.2) is 0 Å². The van der Waals surface area contributed by atoms with Gasteiger partial charge in [-0.25, -0.2) is 8.78 Å². The van der Waals surface area contributed by atoms with E-state index in [2.05, 4.69) is 0 Å². The monoisotopic (exact) mass is 260 g/mol. The third kappa shape index (κ3) is 1.62. The van der Waals surface area contributed by atoms with Crippen LogP contribution in [0.3, 0.4) is 0 Å². The van der Waals surface area contributed by atoms with Gasteiger partial charge in [0.1, 0.15) is 11.6 Å². The summed E-state index contributed by atoms with van der Waals surface area (Å²) in [7, 11) is 0. The highest BCUT2D eigenvalue weighted by Gasteiger charge is 2.50. The minimum absolute atomic E-state index is 0.166. The molecule has 0 unspecified atom stereocenters. The number of aryl methyl sites for hydroxylation is 1. The topological polar surface area (TPSA) is 37.3 Å². The molecule has 0 atom stereocenters. The van der Waals surface area contributed by atoms with Crippen molar-refractivity contribution in [3.63, 3.8) is 0 Å². The van der Waals surface area contributed by atoms with E-state index in [1.807, 2.05) is 0 Å². The second kappa shape index (κ2) is 3.95. The number of rotatable bonds is 2. The van der Waals surface area contributed by atoms with E-state index in [1.165, 1.54) is 13.0 Å². The molecule has 0 saturated heterocycles. The highest BCUT2D eigenvalue weighted by atomic mass is 35.5. The van der Waals surface area contributed by atoms with Crippen LogP contribution < -0.4 is 0 Å². The molecule has 2 rings (SSSR count). The van der Waals surface area contributed by atoms with Crippen molar-refractivity contribution in [1.29, 1.82) is 0 Å². The molecule has 1 aliphatic rings. The summed E-state index contributed by atoms with van der Waals surface area (Å²) in [5.41, 5.74) is -1.66. The number of halogens is 3. The quantitative estimate of drug-likeness (QED) is 0.827. The molecular formula is C12H11ClF2O2. The van der Waals surface area contributed by atoms with Crippen molar-refractivity contribution in [2.75, 3.05) is 0 Å². The van der Waals surface area contributed by atoms with Gasteiger partial charge in [-0.3, -0.25) is 4.79 Å². The molecule has 1 saturated carbocycles. The van der Waals surface area contributed by atoms with Crippen LogP contribution >= 0.6 is 11.6 Å². The highest BCUT2D eigenvalue weighted by molar-refractivity contribution is 6.30. The molecular weight excluding hydrogens is 250 g/mol. The lowest BCUT2D eigenvalue weighted by molar-refractivity contribution is -0.147. The minimum atomic E-state index is -1.44. The Kier molecular flexibility index (Phi) is 2.86. The van der Waals surface area contributed by atoms with E-state index in [9.17, 15) is 18.7 Å². The lowest BCUT2D eigenvalue weighted by atomic mass is 9.64. The number of hydrogen-bond donors (Lipinski definition) is 1. The lowest BCUT2D eigenvalue weighted by Crippen LogP contribution is -2.44. The van der Waals surface area contributed by atoms with Crippen molar-refractivity contribution >= 4 is 17.6 Å². The van der Waals surface area contributed by atoms with Crippen LogP contribution in [-0.2, 0) is 10.2 Å². The average Bonchev–Trinajstić information content (AvgIpc) is 2.18. The van der Waals surface area contributed by atoms with E-state index < -0.39 is 23.0 Å². The predicted molar refractivity (Wildman–Crippen MR) is 59.3 cm³/mol. The van der Waals surface area contributed by atoms with Crippen LogP contribution in [0.4, 0.5) is 8.78 Å². The fourth-order valence-corrected chi connectivity index (χ4v) is 2.51. The van der Waals surface area contributed by atoms with Crippen molar-refractivity contribution in [3.05, 3.63) is 33.9 Å². The number of aliphatic carboxylic acids is 1. The van der Waals surface area contributed by atoms with E-state index in [4.69, 9.17) is 11.6 Å². The van der Waals surface area contributed by atoms with Gasteiger partial charge in [-0.05, 0) is 31.4 Å². The maximum absolute atomic E-state index is 14.0. The third-order valence-electron chi connectivity index (χ3n) is 3.43. The molecule has 0 heterocycles. The second-order valence-electron chi connectivity index (χ2n) is 4.42. The van der Waals surface area contributed by atoms with Crippen molar-refractivity contribution in [2.45, 2.75) is 31.6 Å². The van der Waals surface area contributed by atoms with Gasteiger partial charge in [-0.2, -0.15) is 0 Å². The molecule has 0 aromatic heterocycles. The van der Waals surface area contributed by atoms with Gasteiger partial charge in [0, 0.05) is 5.56 Å². The van der Waals surface area contributed by atoms with Crippen molar-refractivity contribution in [3.8, 4) is 0 Å². The Balaban J connectivity index is 2.70. The maximum atomic E-state index is 14.0. The van der Waals surface area contributed by atoms with Crippen LogP contribution in [0.1, 0.15) is 30.4 Å². The zero-order valence-corrected chi connectivity index (χ0v) is 9.94. The van der Waals surface area contributed by atoms with Crippen LogP contribution in [0.25, 0.3) is 0 Å². The Labute approximate surface area is 102 Å². The molecule has 1 aromatic rings. The zero-order valence-electron chi connectivity index (χ0n) is 9.19. The van der Waals surface area contributed by atoms with Gasteiger partial charge < -0.3 is 5.11 Å². The molecule has 17 heavy (non-hydrogen) atoms. The number of carboxylic acid groups (broad SMARTS) is 1. The summed E-state index contributed by atoms with van der Waals surface area (Å²) in [6.45, 7) is 1.44. The summed E-state index contributed by atoms with van der Waals surface area (Å²) in [5.74, 6) is -2.94. The molecule has 92 valence electrons. The fourth-order valence-electron chi connectivity index (χ4n) is 2.25. The second-order valence-corrected chi connectivity index (χ2v) is 4.83. The molecule has 0 bridgehead atoms. The van der Waals surface area contributed by atoms with Crippen LogP contribution in [0, 0.1) is 18.6 Å². The highest BCUT2D eigenvalue weighted by Crippen LogP contribution is 2.47. The molecule has 1 aliphatic carbocycles. The number of benzene rings is 1. The summed E-state index contributed by atoms with van der Waals surface area (Å²) in [5, 5.41) is 8.96. The number of carbonyl (C=O) groups is 1. The summed E-state index contributed by atoms with van der Waals surface area (Å²) in [4.78, 5) is 11.3. The smallest absolute Gasteiger partial charge is 0.314 e. The molecule has 1 N–H and O–H groups in total. The normalized spacial score (nSPS) is 17.6. The Morgan fingerprint density at radius 1 is 1.41 bits per heavy atom. The largest absolute Gasteiger partial charge is 0.481 e. The maximum Gasteiger partial charge on any atom is 0.314 e. The van der Waals surface area contributed by atoms with Gasteiger partial charge >= 0.3 is 5.97 Å². The first-order chi connectivity index (χ1) is 7.90. The van der Waals surface area contributed by atoms with Gasteiger partial charge in [0.05, 0.1) is 10.4 Å². The zero-order chi connectivity index (χ0) is 12.8. The van der Waals surface area contributed by atoms with Gasteiger partial charge in [0.25, 0.3) is 0 Å². The molecule has 2 nitrogen and oxygen atoms in total. The Morgan fingerprint density at radius 3 is 2.41 bits per heavy atom. The van der Waals surface area contributed by atoms with Crippen molar-refractivity contribution in [1.82, 2.24) is 0 Å². The SMILES string of the molecule is Cc1cc(Cl)c(F)c(C2(C(=O)O)CCC2)c1F. The standard InChI is InChI=1S/C12H11ClF2O2/c1-6-5-7(13)10(15)8(9(6)14)12(11(16)17)3-2-4-12/h5H,2-4H2,1H3,(H,16,17). The van der Waals surface area contributed by atoms with Crippen molar-refractivity contribution < 1.29 is 18.7 Å². The van der Waals surface area contributed by atoms with Gasteiger partial charge in [-0.1, -0.05) is 18.0 Å². The molecule has 0 amide bonds. The minimum Gasteiger partial charge on any atom is -0.481 e. The fraction of sp³-hybridized carbons (Fsp3) is 0.417. The van der Waals surface area contributed by atoms with Gasteiger partial charge in [-0.15, -0.1) is 0 Å². The van der Waals surface area contributed by atoms with E-state index in [1.54, 1.807) is 0 Å². The molecule has 0 radical (unpaired) electrons. The Hall–Kier alpha value is -1.16. The molecule has 5 heteroatoms. The van der Waals surface area contributed by atoms with E-state index in [-0.39, 0.29) is 29.0 Å². The van der Waals surface area contributed by atoms with Gasteiger partial charge in [0.2, 0.25) is 0 Å². The first kappa shape index (κ1) is 12.3. The first-order valence-electron chi connectivity index (χ1n) is 5.28. The predicted octanol–water partition coefficient (Wildman–Crippen LogP) is 3.43. The summed E-state index contributed by atoms with van der Waals surface area (Å²) in [6.07, 6.45) is 1.14. The van der Waals surface area contributed by atoms with Crippen LogP contribution in [-0.4, -0.2) is 11.1 Å². The van der Waals surface area contributed by atoms with Crippen LogP contribution in [0.15, 0.2) is 6.07 Å². The van der Waals surface area contributed by atoms with Crippen LogP contribution in [0.2, 0.25) is 5.02 Å². The molecule has 1 fully saturated rings. The van der Waals surface area contributed by atoms with E-state index >= 15 is 0 Å². The molecule has 0 spiro atoms. The van der Waals surface area contributed by atoms with Crippen LogP contribution in [0.5, 0.6) is 0 Å². The molecule has 1 aromatic carbocycles. The van der Waals surface area contributed by atoms with E-state index in [0.29, 0.717) is 6.42 Å². The average molecular weight is 261 g/mol. The summed E-state index contributed by atoms with van der Waals surface area (Å²) >= 11 is 5.65. The Morgan fingerprint density at radius 2 is 2.00 bits per heavy atom.